The van der Waals surface area contributed by atoms with Gasteiger partial charge in [-0.05, 0) is 43.2 Å². The highest BCUT2D eigenvalue weighted by atomic mass is 19.2. The third kappa shape index (κ3) is 2.46. The topological polar surface area (TPSA) is 46.4 Å². The van der Waals surface area contributed by atoms with Crippen LogP contribution in [-0.2, 0) is 4.79 Å². The summed E-state index contributed by atoms with van der Waals surface area (Å²) in [6.45, 7) is 0. The number of rotatable bonds is 3. The van der Waals surface area contributed by atoms with Crippen LogP contribution in [0.1, 0.15) is 12.8 Å². The quantitative estimate of drug-likeness (QED) is 0.802. The number of nitrogens with one attached hydrogen (secondary N) is 1. The third-order valence-corrected chi connectivity index (χ3v) is 3.91. The Balaban J connectivity index is 1.86. The average Bonchev–Trinajstić information content (AvgIpc) is 3.34. The first kappa shape index (κ1) is 13.9. The lowest BCUT2D eigenvalue weighted by Crippen LogP contribution is -2.15. The fourth-order valence-corrected chi connectivity index (χ4v) is 2.52. The van der Waals surface area contributed by atoms with Crippen LogP contribution >= 0.6 is 0 Å². The highest BCUT2D eigenvalue weighted by Crippen LogP contribution is 2.33. The first-order chi connectivity index (χ1) is 11.1. The first-order valence-corrected chi connectivity index (χ1v) is 7.37. The number of amides is 1. The van der Waals surface area contributed by atoms with Gasteiger partial charge in [0.1, 0.15) is 17.2 Å². The van der Waals surface area contributed by atoms with Gasteiger partial charge in [-0.3, -0.25) is 9.20 Å². The molecule has 3 aromatic rings. The van der Waals surface area contributed by atoms with Gasteiger partial charge in [0.15, 0.2) is 11.6 Å². The van der Waals surface area contributed by atoms with E-state index in [1.54, 1.807) is 16.7 Å². The van der Waals surface area contributed by atoms with Crippen molar-refractivity contribution in [1.29, 1.82) is 0 Å². The second-order valence-corrected chi connectivity index (χ2v) is 5.63. The molecule has 0 bridgehead atoms. The summed E-state index contributed by atoms with van der Waals surface area (Å²) in [6.07, 6.45) is 3.53. The monoisotopic (exact) mass is 313 g/mol. The van der Waals surface area contributed by atoms with Gasteiger partial charge in [0.25, 0.3) is 0 Å². The number of fused-ring (bicyclic) bond motifs is 1. The Kier molecular flexibility index (Phi) is 3.11. The number of halogens is 2. The highest BCUT2D eigenvalue weighted by Gasteiger charge is 2.31. The average molecular weight is 313 g/mol. The molecule has 1 N–H and O–H groups in total. The summed E-state index contributed by atoms with van der Waals surface area (Å²) in [5.74, 6) is -1.43. The Labute approximate surface area is 130 Å². The molecule has 0 unspecified atom stereocenters. The minimum Gasteiger partial charge on any atom is -0.310 e. The van der Waals surface area contributed by atoms with Crippen molar-refractivity contribution in [2.45, 2.75) is 12.8 Å². The lowest BCUT2D eigenvalue weighted by molar-refractivity contribution is -0.117. The van der Waals surface area contributed by atoms with E-state index in [0.717, 1.165) is 25.0 Å². The van der Waals surface area contributed by atoms with Crippen molar-refractivity contribution in [2.75, 3.05) is 5.32 Å². The van der Waals surface area contributed by atoms with Gasteiger partial charge in [-0.15, -0.1) is 0 Å². The van der Waals surface area contributed by atoms with Gasteiger partial charge in [-0.1, -0.05) is 6.07 Å². The van der Waals surface area contributed by atoms with E-state index in [0.29, 0.717) is 22.7 Å². The Morgan fingerprint density at radius 1 is 1.17 bits per heavy atom. The van der Waals surface area contributed by atoms with Crippen molar-refractivity contribution in [3.63, 3.8) is 0 Å². The molecule has 6 heteroatoms. The van der Waals surface area contributed by atoms with E-state index in [-0.39, 0.29) is 11.8 Å². The minimum atomic E-state index is -0.945. The number of carbonyl (C=O) groups excluding carboxylic acids is 1. The largest absolute Gasteiger partial charge is 0.310 e. The molecule has 2 aromatic heterocycles. The van der Waals surface area contributed by atoms with E-state index in [2.05, 4.69) is 10.3 Å². The van der Waals surface area contributed by atoms with Crippen molar-refractivity contribution in [3.8, 4) is 11.3 Å². The smallest absolute Gasteiger partial charge is 0.228 e. The molecule has 23 heavy (non-hydrogen) atoms. The van der Waals surface area contributed by atoms with Gasteiger partial charge in [0, 0.05) is 17.7 Å². The molecule has 0 radical (unpaired) electrons. The summed E-state index contributed by atoms with van der Waals surface area (Å²) in [5.41, 5.74) is 1.46. The number of nitrogens with zero attached hydrogens (tertiary/aromatic N) is 2. The van der Waals surface area contributed by atoms with E-state index in [1.807, 2.05) is 12.1 Å². The van der Waals surface area contributed by atoms with Gasteiger partial charge in [0.05, 0.1) is 0 Å². The lowest BCUT2D eigenvalue weighted by Gasteiger charge is -2.07. The molecule has 4 nitrogen and oxygen atoms in total. The maximum absolute atomic E-state index is 13.6. The first-order valence-electron chi connectivity index (χ1n) is 7.37. The van der Waals surface area contributed by atoms with Crippen molar-refractivity contribution in [3.05, 3.63) is 54.2 Å². The van der Waals surface area contributed by atoms with E-state index in [9.17, 15) is 13.6 Å². The van der Waals surface area contributed by atoms with Crippen LogP contribution in [0.25, 0.3) is 16.9 Å². The molecule has 1 aliphatic rings. The van der Waals surface area contributed by atoms with Crippen LogP contribution in [0, 0.1) is 17.6 Å². The second kappa shape index (κ2) is 5.15. The predicted octanol–water partition coefficient (Wildman–Crippen LogP) is 3.63. The van der Waals surface area contributed by atoms with Gasteiger partial charge in [-0.25, -0.2) is 13.8 Å². The molecule has 1 aliphatic carbocycles. The number of imidazole rings is 1. The second-order valence-electron chi connectivity index (χ2n) is 5.63. The van der Waals surface area contributed by atoms with Crippen LogP contribution in [0.4, 0.5) is 14.6 Å². The van der Waals surface area contributed by atoms with Crippen molar-refractivity contribution in [2.24, 2.45) is 5.92 Å². The zero-order valence-electron chi connectivity index (χ0n) is 12.1. The maximum atomic E-state index is 13.6. The normalized spacial score (nSPS) is 14.2. The fourth-order valence-electron chi connectivity index (χ4n) is 2.52. The molecule has 1 amide bonds. The molecule has 0 atom stereocenters. The molecule has 0 aliphatic heterocycles. The minimum absolute atomic E-state index is 0.0297. The number of pyridine rings is 1. The summed E-state index contributed by atoms with van der Waals surface area (Å²) in [5, 5.41) is 2.87. The van der Waals surface area contributed by atoms with Crippen LogP contribution in [0.15, 0.2) is 42.6 Å². The lowest BCUT2D eigenvalue weighted by atomic mass is 10.1. The zero-order chi connectivity index (χ0) is 16.0. The van der Waals surface area contributed by atoms with E-state index >= 15 is 0 Å². The molecule has 2 heterocycles. The number of anilines is 1. The van der Waals surface area contributed by atoms with Gasteiger partial charge >= 0.3 is 0 Å². The molecule has 0 saturated heterocycles. The van der Waals surface area contributed by atoms with Gasteiger partial charge < -0.3 is 5.32 Å². The molecular weight excluding hydrogens is 300 g/mol. The molecule has 4 rings (SSSR count). The predicted molar refractivity (Wildman–Crippen MR) is 81.9 cm³/mol. The summed E-state index contributed by atoms with van der Waals surface area (Å²) in [6, 6.07) is 9.02. The SMILES string of the molecule is O=C(Nc1c(-c2ccc(F)c(F)c2)nc2ccccn12)C1CC1. The molecule has 1 saturated carbocycles. The van der Waals surface area contributed by atoms with E-state index in [1.165, 1.54) is 6.07 Å². The van der Waals surface area contributed by atoms with Crippen LogP contribution in [0.3, 0.4) is 0 Å². The fraction of sp³-hybridized carbons (Fsp3) is 0.176. The van der Waals surface area contributed by atoms with E-state index < -0.39 is 11.6 Å². The Morgan fingerprint density at radius 2 is 2.00 bits per heavy atom. The highest BCUT2D eigenvalue weighted by molar-refractivity contribution is 5.97. The van der Waals surface area contributed by atoms with Crippen molar-refractivity contribution >= 4 is 17.4 Å². The molecule has 116 valence electrons. The van der Waals surface area contributed by atoms with Crippen LogP contribution < -0.4 is 5.32 Å². The summed E-state index contributed by atoms with van der Waals surface area (Å²) in [7, 11) is 0. The van der Waals surface area contributed by atoms with E-state index in [4.69, 9.17) is 0 Å². The number of benzene rings is 1. The zero-order valence-corrected chi connectivity index (χ0v) is 12.1. The van der Waals surface area contributed by atoms with Crippen LogP contribution in [-0.4, -0.2) is 15.3 Å². The number of hydrogen-bond donors (Lipinski definition) is 1. The molecule has 0 spiro atoms. The molecule has 1 aromatic carbocycles. The number of hydrogen-bond acceptors (Lipinski definition) is 2. The Morgan fingerprint density at radius 3 is 2.74 bits per heavy atom. The van der Waals surface area contributed by atoms with Crippen molar-refractivity contribution in [1.82, 2.24) is 9.38 Å². The van der Waals surface area contributed by atoms with Gasteiger partial charge in [-0.2, -0.15) is 0 Å². The summed E-state index contributed by atoms with van der Waals surface area (Å²) < 4.78 is 28.5. The Bertz CT molecular complexity index is 915. The Hall–Kier alpha value is -2.76. The maximum Gasteiger partial charge on any atom is 0.228 e. The third-order valence-electron chi connectivity index (χ3n) is 3.91. The van der Waals surface area contributed by atoms with Crippen LogP contribution in [0.5, 0.6) is 0 Å². The van der Waals surface area contributed by atoms with Crippen molar-refractivity contribution < 1.29 is 13.6 Å². The molecular formula is C17H13F2N3O. The summed E-state index contributed by atoms with van der Waals surface area (Å²) in [4.78, 5) is 16.6. The summed E-state index contributed by atoms with van der Waals surface area (Å²) >= 11 is 0. The van der Waals surface area contributed by atoms with Gasteiger partial charge in [0.2, 0.25) is 5.91 Å². The number of carbonyl (C=O) groups is 1. The standard InChI is InChI=1S/C17H13F2N3O/c18-12-7-6-11(9-13(12)19)15-16(21-17(23)10-4-5-10)22-8-2-1-3-14(22)20-15/h1-3,6-10H,4-5H2,(H,21,23). The number of aromatic nitrogens is 2. The molecule has 1 fully saturated rings. The van der Waals surface area contributed by atoms with Crippen LogP contribution in [0.2, 0.25) is 0 Å².